The van der Waals surface area contributed by atoms with Crippen LogP contribution < -0.4 is 10.5 Å². The van der Waals surface area contributed by atoms with Crippen molar-refractivity contribution in [3.8, 4) is 5.75 Å². The van der Waals surface area contributed by atoms with Gasteiger partial charge < -0.3 is 19.9 Å². The van der Waals surface area contributed by atoms with E-state index in [1.54, 1.807) is 7.11 Å². The van der Waals surface area contributed by atoms with Gasteiger partial charge in [-0.25, -0.2) is 0 Å². The van der Waals surface area contributed by atoms with Gasteiger partial charge in [0.1, 0.15) is 12.4 Å². The average Bonchev–Trinajstić information content (AvgIpc) is 2.35. The molecule has 5 heteroatoms. The fourth-order valence-corrected chi connectivity index (χ4v) is 1.62. The Balaban J connectivity index is 2.34. The van der Waals surface area contributed by atoms with Crippen LogP contribution in [0.15, 0.2) is 18.2 Å². The van der Waals surface area contributed by atoms with E-state index in [0.717, 1.165) is 5.56 Å². The summed E-state index contributed by atoms with van der Waals surface area (Å²) in [6.07, 6.45) is 0. The summed E-state index contributed by atoms with van der Waals surface area (Å²) in [5.74, 6) is 0.649. The average molecular weight is 274 g/mol. The molecular weight excluding hydrogens is 254 g/mol. The number of halogens is 1. The second kappa shape index (κ2) is 8.32. The maximum atomic E-state index is 6.09. The molecule has 0 radical (unpaired) electrons. The third-order valence-corrected chi connectivity index (χ3v) is 2.69. The smallest absolute Gasteiger partial charge is 0.138 e. The van der Waals surface area contributed by atoms with Gasteiger partial charge in [0, 0.05) is 13.2 Å². The minimum Gasteiger partial charge on any atom is -0.490 e. The van der Waals surface area contributed by atoms with Crippen LogP contribution in [0.3, 0.4) is 0 Å². The molecule has 18 heavy (non-hydrogen) atoms. The molecule has 0 amide bonds. The highest BCUT2D eigenvalue weighted by Crippen LogP contribution is 2.27. The van der Waals surface area contributed by atoms with Crippen molar-refractivity contribution in [2.75, 3.05) is 33.5 Å². The van der Waals surface area contributed by atoms with Crippen molar-refractivity contribution < 1.29 is 14.2 Å². The first-order valence-electron chi connectivity index (χ1n) is 5.89. The molecule has 0 saturated carbocycles. The van der Waals surface area contributed by atoms with Crippen molar-refractivity contribution in [3.63, 3.8) is 0 Å². The lowest BCUT2D eigenvalue weighted by Crippen LogP contribution is -2.10. The summed E-state index contributed by atoms with van der Waals surface area (Å²) in [5.41, 5.74) is 6.76. The molecule has 2 N–H and O–H groups in total. The van der Waals surface area contributed by atoms with Crippen LogP contribution in [0.25, 0.3) is 0 Å². The molecule has 0 fully saturated rings. The van der Waals surface area contributed by atoms with Crippen molar-refractivity contribution in [2.45, 2.75) is 13.0 Å². The van der Waals surface area contributed by atoms with Crippen LogP contribution in [-0.4, -0.2) is 33.5 Å². The lowest BCUT2D eigenvalue weighted by atomic mass is 10.1. The van der Waals surface area contributed by atoms with Crippen LogP contribution >= 0.6 is 11.6 Å². The largest absolute Gasteiger partial charge is 0.490 e. The Bertz CT molecular complexity index is 358. The van der Waals surface area contributed by atoms with E-state index in [4.69, 9.17) is 31.5 Å². The summed E-state index contributed by atoms with van der Waals surface area (Å²) in [6, 6.07) is 5.54. The van der Waals surface area contributed by atoms with Gasteiger partial charge in [0.05, 0.1) is 24.8 Å². The Kier molecular flexibility index (Phi) is 7.05. The zero-order valence-corrected chi connectivity index (χ0v) is 11.6. The van der Waals surface area contributed by atoms with Crippen LogP contribution in [0.4, 0.5) is 0 Å². The van der Waals surface area contributed by atoms with Gasteiger partial charge in [0.2, 0.25) is 0 Å². The van der Waals surface area contributed by atoms with Crippen LogP contribution in [0.5, 0.6) is 5.75 Å². The van der Waals surface area contributed by atoms with Crippen molar-refractivity contribution in [2.24, 2.45) is 5.73 Å². The molecular formula is C13H20ClNO3. The van der Waals surface area contributed by atoms with Gasteiger partial charge in [-0.2, -0.15) is 0 Å². The lowest BCUT2D eigenvalue weighted by molar-refractivity contribution is 0.0544. The maximum absolute atomic E-state index is 6.09. The van der Waals surface area contributed by atoms with Gasteiger partial charge in [0.25, 0.3) is 0 Å². The molecule has 0 aliphatic carbocycles. The molecule has 102 valence electrons. The molecule has 0 spiro atoms. The molecule has 1 atom stereocenters. The van der Waals surface area contributed by atoms with Gasteiger partial charge >= 0.3 is 0 Å². The highest BCUT2D eigenvalue weighted by atomic mass is 35.5. The molecule has 1 rings (SSSR count). The maximum Gasteiger partial charge on any atom is 0.138 e. The predicted octanol–water partition coefficient (Wildman–Crippen LogP) is 2.40. The highest BCUT2D eigenvalue weighted by molar-refractivity contribution is 6.32. The fraction of sp³-hybridized carbons (Fsp3) is 0.538. The van der Waals surface area contributed by atoms with Crippen molar-refractivity contribution in [1.29, 1.82) is 0 Å². The third-order valence-electron chi connectivity index (χ3n) is 2.40. The standard InChI is InChI=1S/C13H20ClNO3/c1-10(15)11-3-4-13(12(14)9-11)18-8-7-17-6-5-16-2/h3-4,9-10H,5-8,15H2,1-2H3. The normalized spacial score (nSPS) is 12.4. The van der Waals surface area contributed by atoms with E-state index < -0.39 is 0 Å². The Hall–Kier alpha value is -0.810. The lowest BCUT2D eigenvalue weighted by Gasteiger charge is -2.11. The monoisotopic (exact) mass is 273 g/mol. The summed E-state index contributed by atoms with van der Waals surface area (Å²) >= 11 is 6.09. The SMILES string of the molecule is COCCOCCOc1ccc(C(C)N)cc1Cl. The number of hydrogen-bond acceptors (Lipinski definition) is 4. The van der Waals surface area contributed by atoms with E-state index in [1.807, 2.05) is 25.1 Å². The van der Waals surface area contributed by atoms with Crippen LogP contribution in [0, 0.1) is 0 Å². The zero-order valence-electron chi connectivity index (χ0n) is 10.8. The molecule has 0 aliphatic rings. The second-order valence-electron chi connectivity index (χ2n) is 3.93. The summed E-state index contributed by atoms with van der Waals surface area (Å²) in [6.45, 7) is 4.03. The van der Waals surface area contributed by atoms with Gasteiger partial charge in [0.15, 0.2) is 0 Å². The van der Waals surface area contributed by atoms with Crippen molar-refractivity contribution in [1.82, 2.24) is 0 Å². The molecule has 0 heterocycles. The van der Waals surface area contributed by atoms with Crippen LogP contribution in [-0.2, 0) is 9.47 Å². The predicted molar refractivity (Wildman–Crippen MR) is 72.2 cm³/mol. The minimum atomic E-state index is -0.0334. The van der Waals surface area contributed by atoms with Gasteiger partial charge in [-0.15, -0.1) is 0 Å². The number of benzene rings is 1. The molecule has 0 bridgehead atoms. The summed E-state index contributed by atoms with van der Waals surface area (Å²) in [5, 5.41) is 0.571. The highest BCUT2D eigenvalue weighted by Gasteiger charge is 2.05. The van der Waals surface area contributed by atoms with Crippen molar-refractivity contribution >= 4 is 11.6 Å². The summed E-state index contributed by atoms with van der Waals surface area (Å²) in [7, 11) is 1.64. The van der Waals surface area contributed by atoms with Crippen LogP contribution in [0.1, 0.15) is 18.5 Å². The second-order valence-corrected chi connectivity index (χ2v) is 4.34. The molecule has 1 aromatic carbocycles. The van der Waals surface area contributed by atoms with Gasteiger partial charge in [-0.05, 0) is 24.6 Å². The number of ether oxygens (including phenoxy) is 3. The quantitative estimate of drug-likeness (QED) is 0.739. The number of nitrogens with two attached hydrogens (primary N) is 1. The van der Waals surface area contributed by atoms with E-state index in [-0.39, 0.29) is 6.04 Å². The van der Waals surface area contributed by atoms with Crippen molar-refractivity contribution in [3.05, 3.63) is 28.8 Å². The Labute approximate surface area is 113 Å². The third kappa shape index (κ3) is 5.23. The number of rotatable bonds is 8. The molecule has 4 nitrogen and oxygen atoms in total. The zero-order chi connectivity index (χ0) is 13.4. The molecule has 1 unspecified atom stereocenters. The van der Waals surface area contributed by atoms with E-state index in [0.29, 0.717) is 37.2 Å². The summed E-state index contributed by atoms with van der Waals surface area (Å²) in [4.78, 5) is 0. The number of methoxy groups -OCH3 is 1. The first kappa shape index (κ1) is 15.2. The Morgan fingerprint density at radius 3 is 2.56 bits per heavy atom. The topological polar surface area (TPSA) is 53.7 Å². The molecule has 0 aliphatic heterocycles. The van der Waals surface area contributed by atoms with Gasteiger partial charge in [-0.3, -0.25) is 0 Å². The number of hydrogen-bond donors (Lipinski definition) is 1. The Morgan fingerprint density at radius 2 is 1.94 bits per heavy atom. The Morgan fingerprint density at radius 1 is 1.22 bits per heavy atom. The van der Waals surface area contributed by atoms with E-state index >= 15 is 0 Å². The first-order valence-corrected chi connectivity index (χ1v) is 6.27. The molecule has 0 aromatic heterocycles. The van der Waals surface area contributed by atoms with Gasteiger partial charge in [-0.1, -0.05) is 17.7 Å². The fourth-order valence-electron chi connectivity index (χ4n) is 1.37. The van der Waals surface area contributed by atoms with E-state index in [9.17, 15) is 0 Å². The molecule has 0 saturated heterocycles. The van der Waals surface area contributed by atoms with Crippen LogP contribution in [0.2, 0.25) is 5.02 Å². The molecule has 1 aromatic rings. The minimum absolute atomic E-state index is 0.0334. The first-order chi connectivity index (χ1) is 8.65. The van der Waals surface area contributed by atoms with E-state index in [2.05, 4.69) is 0 Å². The van der Waals surface area contributed by atoms with E-state index in [1.165, 1.54) is 0 Å². The summed E-state index contributed by atoms with van der Waals surface area (Å²) < 4.78 is 15.7.